The number of aliphatic hydroxyl groups excluding tert-OH is 1. The molecular formula is C11H14O2. The second-order valence-electron chi connectivity index (χ2n) is 4.15. The molecule has 0 aliphatic carbocycles. The average Bonchev–Trinajstić information content (AvgIpc) is 2.26. The predicted octanol–water partition coefficient (Wildman–Crippen LogP) is 2.20. The molecule has 0 amide bonds. The number of aryl methyl sites for hydroxylation is 1. The molecular weight excluding hydrogens is 164 g/mol. The van der Waals surface area contributed by atoms with Gasteiger partial charge in [0.15, 0.2) is 0 Å². The van der Waals surface area contributed by atoms with Gasteiger partial charge in [-0.15, -0.1) is 0 Å². The molecule has 1 N–H and O–H groups in total. The Morgan fingerprint density at radius 2 is 2.08 bits per heavy atom. The minimum Gasteiger partial charge on any atom is -0.484 e. The van der Waals surface area contributed by atoms with Crippen molar-refractivity contribution in [3.63, 3.8) is 0 Å². The Hall–Kier alpha value is -1.02. The molecule has 2 heteroatoms. The van der Waals surface area contributed by atoms with Crippen molar-refractivity contribution in [3.05, 3.63) is 29.3 Å². The quantitative estimate of drug-likeness (QED) is 0.660. The first-order valence-electron chi connectivity index (χ1n) is 4.48. The standard InChI is InChI=1S/C11H14O2/c1-7-4-5-9-8(6-7)10(12)11(2,3)13-9/h4-6,10,12H,1-3H3. The molecule has 2 nitrogen and oxygen atoms in total. The van der Waals surface area contributed by atoms with Crippen molar-refractivity contribution < 1.29 is 9.84 Å². The van der Waals surface area contributed by atoms with Gasteiger partial charge >= 0.3 is 0 Å². The SMILES string of the molecule is Cc1ccc2c(c1)C(O)C(C)(C)O2. The Bertz CT molecular complexity index is 342. The fraction of sp³-hybridized carbons (Fsp3) is 0.455. The molecule has 0 aromatic heterocycles. The molecule has 0 fully saturated rings. The third-order valence-corrected chi connectivity index (χ3v) is 2.49. The van der Waals surface area contributed by atoms with Gasteiger partial charge in [0.05, 0.1) is 0 Å². The number of hydrogen-bond donors (Lipinski definition) is 1. The van der Waals surface area contributed by atoms with Gasteiger partial charge in [0.25, 0.3) is 0 Å². The van der Waals surface area contributed by atoms with Gasteiger partial charge in [-0.05, 0) is 32.9 Å². The molecule has 1 aromatic rings. The zero-order valence-electron chi connectivity index (χ0n) is 8.16. The maximum absolute atomic E-state index is 9.91. The lowest BCUT2D eigenvalue weighted by Gasteiger charge is -2.21. The Labute approximate surface area is 78.2 Å². The van der Waals surface area contributed by atoms with Crippen molar-refractivity contribution in [2.75, 3.05) is 0 Å². The van der Waals surface area contributed by atoms with Crippen molar-refractivity contribution >= 4 is 0 Å². The van der Waals surface area contributed by atoms with Crippen molar-refractivity contribution in [3.8, 4) is 5.75 Å². The first-order chi connectivity index (χ1) is 6.00. The normalized spacial score (nSPS) is 23.8. The zero-order valence-corrected chi connectivity index (χ0v) is 8.16. The van der Waals surface area contributed by atoms with Gasteiger partial charge < -0.3 is 9.84 Å². The number of benzene rings is 1. The van der Waals surface area contributed by atoms with E-state index in [9.17, 15) is 5.11 Å². The van der Waals surface area contributed by atoms with E-state index < -0.39 is 11.7 Å². The number of aliphatic hydroxyl groups is 1. The first-order valence-corrected chi connectivity index (χ1v) is 4.48. The van der Waals surface area contributed by atoms with Gasteiger partial charge in [-0.2, -0.15) is 0 Å². The maximum Gasteiger partial charge on any atom is 0.133 e. The topological polar surface area (TPSA) is 29.5 Å². The van der Waals surface area contributed by atoms with Gasteiger partial charge in [-0.3, -0.25) is 0 Å². The van der Waals surface area contributed by atoms with Crippen LogP contribution >= 0.6 is 0 Å². The summed E-state index contributed by atoms with van der Waals surface area (Å²) in [7, 11) is 0. The monoisotopic (exact) mass is 178 g/mol. The summed E-state index contributed by atoms with van der Waals surface area (Å²) in [6, 6.07) is 5.89. The summed E-state index contributed by atoms with van der Waals surface area (Å²) in [6.07, 6.45) is -0.512. The van der Waals surface area contributed by atoms with Crippen molar-refractivity contribution in [1.29, 1.82) is 0 Å². The van der Waals surface area contributed by atoms with Gasteiger partial charge in [0, 0.05) is 5.56 Å². The lowest BCUT2D eigenvalue weighted by molar-refractivity contribution is 0.000550. The first kappa shape index (κ1) is 8.57. The second-order valence-corrected chi connectivity index (χ2v) is 4.15. The third kappa shape index (κ3) is 1.22. The van der Waals surface area contributed by atoms with E-state index in [0.717, 1.165) is 16.9 Å². The minimum absolute atomic E-state index is 0.490. The van der Waals surface area contributed by atoms with Crippen molar-refractivity contribution in [2.24, 2.45) is 0 Å². The average molecular weight is 178 g/mol. The number of rotatable bonds is 0. The van der Waals surface area contributed by atoms with E-state index in [0.29, 0.717) is 0 Å². The number of ether oxygens (including phenoxy) is 1. The highest BCUT2D eigenvalue weighted by molar-refractivity contribution is 5.43. The van der Waals surface area contributed by atoms with Gasteiger partial charge in [-0.25, -0.2) is 0 Å². The molecule has 1 atom stereocenters. The summed E-state index contributed by atoms with van der Waals surface area (Å²) < 4.78 is 5.61. The Morgan fingerprint density at radius 3 is 2.77 bits per heavy atom. The Kier molecular flexibility index (Phi) is 1.64. The molecule has 1 unspecified atom stereocenters. The highest BCUT2D eigenvalue weighted by Crippen LogP contribution is 2.42. The maximum atomic E-state index is 9.91. The van der Waals surface area contributed by atoms with E-state index in [-0.39, 0.29) is 0 Å². The Balaban J connectivity index is 2.51. The molecule has 1 heterocycles. The van der Waals surface area contributed by atoms with E-state index in [4.69, 9.17) is 4.74 Å². The highest BCUT2D eigenvalue weighted by atomic mass is 16.5. The van der Waals surface area contributed by atoms with Crippen molar-refractivity contribution in [1.82, 2.24) is 0 Å². The fourth-order valence-corrected chi connectivity index (χ4v) is 1.69. The highest BCUT2D eigenvalue weighted by Gasteiger charge is 2.39. The van der Waals surface area contributed by atoms with Crippen LogP contribution in [-0.2, 0) is 0 Å². The number of fused-ring (bicyclic) bond motifs is 1. The van der Waals surface area contributed by atoms with Crippen LogP contribution in [0.5, 0.6) is 5.75 Å². The van der Waals surface area contributed by atoms with Gasteiger partial charge in [0.2, 0.25) is 0 Å². The van der Waals surface area contributed by atoms with Gasteiger partial charge in [-0.1, -0.05) is 11.6 Å². The van der Waals surface area contributed by atoms with Crippen LogP contribution in [0.3, 0.4) is 0 Å². The fourth-order valence-electron chi connectivity index (χ4n) is 1.69. The molecule has 13 heavy (non-hydrogen) atoms. The predicted molar refractivity (Wildman–Crippen MR) is 50.8 cm³/mol. The summed E-state index contributed by atoms with van der Waals surface area (Å²) >= 11 is 0. The van der Waals surface area contributed by atoms with Crippen LogP contribution in [0.25, 0.3) is 0 Å². The van der Waals surface area contributed by atoms with Crippen LogP contribution in [0, 0.1) is 6.92 Å². The molecule has 0 radical (unpaired) electrons. The molecule has 1 aromatic carbocycles. The second kappa shape index (κ2) is 2.48. The molecule has 0 bridgehead atoms. The molecule has 1 aliphatic rings. The molecule has 1 aliphatic heterocycles. The van der Waals surface area contributed by atoms with Crippen LogP contribution in [0.4, 0.5) is 0 Å². The van der Waals surface area contributed by atoms with Crippen LogP contribution in [0.1, 0.15) is 31.1 Å². The van der Waals surface area contributed by atoms with Crippen LogP contribution in [-0.4, -0.2) is 10.7 Å². The lowest BCUT2D eigenvalue weighted by Crippen LogP contribution is -2.29. The largest absolute Gasteiger partial charge is 0.484 e. The molecule has 0 spiro atoms. The summed E-state index contributed by atoms with van der Waals surface area (Å²) in [5.41, 5.74) is 1.57. The summed E-state index contributed by atoms with van der Waals surface area (Å²) in [6.45, 7) is 5.80. The van der Waals surface area contributed by atoms with E-state index in [1.165, 1.54) is 0 Å². The van der Waals surface area contributed by atoms with Crippen LogP contribution < -0.4 is 4.74 Å². The van der Waals surface area contributed by atoms with Gasteiger partial charge in [0.1, 0.15) is 17.5 Å². The van der Waals surface area contributed by atoms with E-state index in [2.05, 4.69) is 0 Å². The number of hydrogen-bond acceptors (Lipinski definition) is 2. The molecule has 0 saturated heterocycles. The minimum atomic E-state index is -0.512. The molecule has 0 saturated carbocycles. The van der Waals surface area contributed by atoms with E-state index in [1.54, 1.807) is 0 Å². The van der Waals surface area contributed by atoms with E-state index >= 15 is 0 Å². The zero-order chi connectivity index (χ0) is 9.64. The lowest BCUT2D eigenvalue weighted by atomic mass is 9.97. The van der Waals surface area contributed by atoms with Crippen molar-refractivity contribution in [2.45, 2.75) is 32.5 Å². The summed E-state index contributed by atoms with van der Waals surface area (Å²) in [4.78, 5) is 0. The Morgan fingerprint density at radius 1 is 1.38 bits per heavy atom. The molecule has 2 rings (SSSR count). The molecule has 70 valence electrons. The summed E-state index contributed by atoms with van der Waals surface area (Å²) in [5.74, 6) is 0.808. The van der Waals surface area contributed by atoms with Crippen LogP contribution in [0.15, 0.2) is 18.2 Å². The van der Waals surface area contributed by atoms with E-state index in [1.807, 2.05) is 39.0 Å². The third-order valence-electron chi connectivity index (χ3n) is 2.49. The smallest absolute Gasteiger partial charge is 0.133 e. The van der Waals surface area contributed by atoms with Crippen LogP contribution in [0.2, 0.25) is 0 Å². The summed E-state index contributed by atoms with van der Waals surface area (Å²) in [5, 5.41) is 9.91.